The molecule has 2 aromatic carbocycles. The van der Waals surface area contributed by atoms with Gasteiger partial charge in [-0.2, -0.15) is 0 Å². The van der Waals surface area contributed by atoms with Crippen LogP contribution in [0.3, 0.4) is 0 Å². The standard InChI is InChI=1S/C16H15FN2O/c1-10-6-7-11(12(17)8-10)13(18)9-16-19-14-4-2-3-5-15(14)20-16/h2-8,13H,9,18H2,1H3. The summed E-state index contributed by atoms with van der Waals surface area (Å²) in [5, 5.41) is 0. The zero-order valence-corrected chi connectivity index (χ0v) is 11.1. The van der Waals surface area contributed by atoms with E-state index < -0.39 is 6.04 Å². The smallest absolute Gasteiger partial charge is 0.197 e. The summed E-state index contributed by atoms with van der Waals surface area (Å²) in [6, 6.07) is 12.1. The van der Waals surface area contributed by atoms with Gasteiger partial charge in [0.2, 0.25) is 0 Å². The Labute approximate surface area is 116 Å². The summed E-state index contributed by atoms with van der Waals surface area (Å²) in [5.74, 6) is 0.243. The fraction of sp³-hybridized carbons (Fsp3) is 0.188. The molecule has 0 spiro atoms. The van der Waals surface area contributed by atoms with E-state index in [1.165, 1.54) is 6.07 Å². The van der Waals surface area contributed by atoms with Gasteiger partial charge in [0.05, 0.1) is 0 Å². The van der Waals surface area contributed by atoms with Crippen LogP contribution in [0, 0.1) is 12.7 Å². The fourth-order valence-electron chi connectivity index (χ4n) is 2.24. The zero-order chi connectivity index (χ0) is 14.1. The van der Waals surface area contributed by atoms with Gasteiger partial charge >= 0.3 is 0 Å². The Morgan fingerprint density at radius 1 is 1.25 bits per heavy atom. The number of aryl methyl sites for hydroxylation is 1. The van der Waals surface area contributed by atoms with E-state index in [-0.39, 0.29) is 5.82 Å². The van der Waals surface area contributed by atoms with Crippen molar-refractivity contribution >= 4 is 11.1 Å². The highest BCUT2D eigenvalue weighted by Gasteiger charge is 2.15. The minimum atomic E-state index is -0.469. The molecule has 0 fully saturated rings. The Kier molecular flexibility index (Phi) is 3.24. The Bertz CT molecular complexity index is 718. The molecule has 3 aromatic rings. The molecule has 0 aliphatic rings. The van der Waals surface area contributed by atoms with E-state index >= 15 is 0 Å². The van der Waals surface area contributed by atoms with E-state index in [1.54, 1.807) is 6.07 Å². The van der Waals surface area contributed by atoms with Gasteiger partial charge in [-0.3, -0.25) is 0 Å². The highest BCUT2D eigenvalue weighted by atomic mass is 19.1. The molecule has 0 amide bonds. The topological polar surface area (TPSA) is 52.0 Å². The maximum atomic E-state index is 13.9. The van der Waals surface area contributed by atoms with Crippen molar-refractivity contribution in [1.29, 1.82) is 0 Å². The SMILES string of the molecule is Cc1ccc(C(N)Cc2nc3ccccc3o2)c(F)c1. The van der Waals surface area contributed by atoms with Gasteiger partial charge in [-0.15, -0.1) is 0 Å². The van der Waals surface area contributed by atoms with Crippen molar-refractivity contribution in [3.8, 4) is 0 Å². The molecule has 3 rings (SSSR count). The Morgan fingerprint density at radius 2 is 2.05 bits per heavy atom. The number of hydrogen-bond donors (Lipinski definition) is 1. The van der Waals surface area contributed by atoms with Crippen LogP contribution < -0.4 is 5.73 Å². The third-order valence-electron chi connectivity index (χ3n) is 3.29. The van der Waals surface area contributed by atoms with Gasteiger partial charge < -0.3 is 10.2 Å². The second kappa shape index (κ2) is 5.06. The molecule has 20 heavy (non-hydrogen) atoms. The average molecular weight is 270 g/mol. The third-order valence-corrected chi connectivity index (χ3v) is 3.29. The van der Waals surface area contributed by atoms with Crippen LogP contribution >= 0.6 is 0 Å². The van der Waals surface area contributed by atoms with E-state index in [4.69, 9.17) is 10.2 Å². The first-order valence-corrected chi connectivity index (χ1v) is 6.49. The van der Waals surface area contributed by atoms with E-state index in [0.717, 1.165) is 16.7 Å². The molecule has 0 saturated heterocycles. The summed E-state index contributed by atoms with van der Waals surface area (Å²) in [4.78, 5) is 4.36. The maximum absolute atomic E-state index is 13.9. The molecular weight excluding hydrogens is 255 g/mol. The average Bonchev–Trinajstić information content (AvgIpc) is 2.80. The summed E-state index contributed by atoms with van der Waals surface area (Å²) in [6.07, 6.45) is 0.370. The predicted octanol–water partition coefficient (Wildman–Crippen LogP) is 3.52. The first-order chi connectivity index (χ1) is 9.63. The second-order valence-electron chi connectivity index (χ2n) is 4.91. The number of nitrogens with two attached hydrogens (primary N) is 1. The van der Waals surface area contributed by atoms with Crippen LogP contribution in [-0.4, -0.2) is 4.98 Å². The number of benzene rings is 2. The molecule has 3 nitrogen and oxygen atoms in total. The quantitative estimate of drug-likeness (QED) is 0.792. The van der Waals surface area contributed by atoms with Crippen molar-refractivity contribution in [3.63, 3.8) is 0 Å². The largest absolute Gasteiger partial charge is 0.441 e. The molecule has 0 saturated carbocycles. The maximum Gasteiger partial charge on any atom is 0.197 e. The molecule has 1 aromatic heterocycles. The van der Waals surface area contributed by atoms with Crippen molar-refractivity contribution in [2.24, 2.45) is 5.73 Å². The highest BCUT2D eigenvalue weighted by Crippen LogP contribution is 2.22. The summed E-state index contributed by atoms with van der Waals surface area (Å²) >= 11 is 0. The van der Waals surface area contributed by atoms with Gasteiger partial charge in [0, 0.05) is 18.0 Å². The highest BCUT2D eigenvalue weighted by molar-refractivity contribution is 5.72. The molecular formula is C16H15FN2O. The predicted molar refractivity (Wildman–Crippen MR) is 75.8 cm³/mol. The van der Waals surface area contributed by atoms with Gasteiger partial charge in [-0.1, -0.05) is 24.3 Å². The first kappa shape index (κ1) is 12.8. The van der Waals surface area contributed by atoms with Gasteiger partial charge in [0.25, 0.3) is 0 Å². The van der Waals surface area contributed by atoms with Gasteiger partial charge in [-0.05, 0) is 30.7 Å². The molecule has 4 heteroatoms. The monoisotopic (exact) mass is 270 g/mol. The summed E-state index contributed by atoms with van der Waals surface area (Å²) in [5.41, 5.74) is 8.93. The lowest BCUT2D eigenvalue weighted by atomic mass is 10.0. The molecule has 0 aliphatic heterocycles. The number of hydrogen-bond acceptors (Lipinski definition) is 3. The molecule has 102 valence electrons. The number of oxazole rings is 1. The van der Waals surface area contributed by atoms with Crippen LogP contribution in [0.5, 0.6) is 0 Å². The Hall–Kier alpha value is -2.20. The number of rotatable bonds is 3. The lowest BCUT2D eigenvalue weighted by Crippen LogP contribution is -2.15. The summed E-state index contributed by atoms with van der Waals surface area (Å²) < 4.78 is 19.5. The van der Waals surface area contributed by atoms with Crippen LogP contribution in [0.25, 0.3) is 11.1 Å². The lowest BCUT2D eigenvalue weighted by Gasteiger charge is -2.11. The molecule has 2 N–H and O–H groups in total. The third kappa shape index (κ3) is 2.42. The van der Waals surface area contributed by atoms with Gasteiger partial charge in [0.15, 0.2) is 11.5 Å². The number of fused-ring (bicyclic) bond motifs is 1. The lowest BCUT2D eigenvalue weighted by molar-refractivity contribution is 0.492. The van der Waals surface area contributed by atoms with Crippen LogP contribution in [-0.2, 0) is 6.42 Å². The fourth-order valence-corrected chi connectivity index (χ4v) is 2.24. The van der Waals surface area contributed by atoms with Crippen LogP contribution in [0.2, 0.25) is 0 Å². The summed E-state index contributed by atoms with van der Waals surface area (Å²) in [6.45, 7) is 1.85. The van der Waals surface area contributed by atoms with Crippen molar-refractivity contribution in [2.75, 3.05) is 0 Å². The minimum Gasteiger partial charge on any atom is -0.441 e. The van der Waals surface area contributed by atoms with Gasteiger partial charge in [-0.25, -0.2) is 9.37 Å². The number of nitrogens with zero attached hydrogens (tertiary/aromatic N) is 1. The Balaban J connectivity index is 1.86. The molecule has 0 aliphatic carbocycles. The first-order valence-electron chi connectivity index (χ1n) is 6.49. The molecule has 1 heterocycles. The number of halogens is 1. The molecule has 0 bridgehead atoms. The van der Waals surface area contributed by atoms with Crippen molar-refractivity contribution in [2.45, 2.75) is 19.4 Å². The van der Waals surface area contributed by atoms with Crippen molar-refractivity contribution in [3.05, 3.63) is 65.3 Å². The van der Waals surface area contributed by atoms with Gasteiger partial charge in [0.1, 0.15) is 11.3 Å². The minimum absolute atomic E-state index is 0.284. The van der Waals surface area contributed by atoms with E-state index in [2.05, 4.69) is 4.98 Å². The van der Waals surface area contributed by atoms with E-state index in [0.29, 0.717) is 17.9 Å². The van der Waals surface area contributed by atoms with E-state index in [1.807, 2.05) is 37.3 Å². The van der Waals surface area contributed by atoms with Crippen molar-refractivity contribution < 1.29 is 8.81 Å². The second-order valence-corrected chi connectivity index (χ2v) is 4.91. The zero-order valence-electron chi connectivity index (χ0n) is 11.1. The number of aromatic nitrogens is 1. The van der Waals surface area contributed by atoms with Crippen LogP contribution in [0.1, 0.15) is 23.1 Å². The molecule has 1 unspecified atom stereocenters. The van der Waals surface area contributed by atoms with Crippen LogP contribution in [0.15, 0.2) is 46.9 Å². The molecule has 1 atom stereocenters. The number of para-hydroxylation sites is 2. The van der Waals surface area contributed by atoms with Crippen LogP contribution in [0.4, 0.5) is 4.39 Å². The molecule has 0 radical (unpaired) electrons. The van der Waals surface area contributed by atoms with Crippen molar-refractivity contribution in [1.82, 2.24) is 4.98 Å². The van der Waals surface area contributed by atoms with E-state index in [9.17, 15) is 4.39 Å². The Morgan fingerprint density at radius 3 is 2.80 bits per heavy atom. The normalized spacial score (nSPS) is 12.8. The summed E-state index contributed by atoms with van der Waals surface area (Å²) in [7, 11) is 0.